The fraction of sp³-hybridized carbons (Fsp3) is 0.0833. The number of pyridine rings is 1. The van der Waals surface area contributed by atoms with Crippen LogP contribution in [0.4, 0.5) is 5.69 Å². The minimum atomic E-state index is -3.33. The van der Waals surface area contributed by atoms with Gasteiger partial charge in [-0.25, -0.2) is 13.4 Å². The second-order valence-electron chi connectivity index (χ2n) is 3.93. The fourth-order valence-corrected chi connectivity index (χ4v) is 3.61. The van der Waals surface area contributed by atoms with Crippen molar-refractivity contribution >= 4 is 27.3 Å². The Morgan fingerprint density at radius 2 is 1.90 bits per heavy atom. The molecule has 1 heterocycles. The Labute approximate surface area is 119 Å². The molecular formula is C12H10N2O4S2. The minimum Gasteiger partial charge on any atom is -0.258 e. The molecule has 0 radical (unpaired) electrons. The molecule has 20 heavy (non-hydrogen) atoms. The van der Waals surface area contributed by atoms with E-state index >= 15 is 0 Å². The van der Waals surface area contributed by atoms with Crippen LogP contribution in [0, 0.1) is 10.1 Å². The SMILES string of the molecule is CS(=O)(=O)c1ccccc1Sc1ccc([N+](=O)[O-])cn1. The molecule has 0 aliphatic heterocycles. The van der Waals surface area contributed by atoms with E-state index < -0.39 is 14.8 Å². The van der Waals surface area contributed by atoms with Gasteiger partial charge in [0.15, 0.2) is 9.84 Å². The molecule has 0 N–H and O–H groups in total. The number of rotatable bonds is 4. The van der Waals surface area contributed by atoms with Gasteiger partial charge in [0.2, 0.25) is 0 Å². The Balaban J connectivity index is 2.33. The van der Waals surface area contributed by atoms with Gasteiger partial charge in [0.05, 0.1) is 9.82 Å². The van der Waals surface area contributed by atoms with E-state index in [4.69, 9.17) is 0 Å². The number of nitro groups is 1. The lowest BCUT2D eigenvalue weighted by Gasteiger charge is -2.06. The fourth-order valence-electron chi connectivity index (χ4n) is 1.49. The zero-order chi connectivity index (χ0) is 14.8. The van der Waals surface area contributed by atoms with Crippen LogP contribution in [0.25, 0.3) is 0 Å². The molecule has 2 rings (SSSR count). The minimum absolute atomic E-state index is 0.106. The average Bonchev–Trinajstić information content (AvgIpc) is 2.38. The number of sulfone groups is 1. The van der Waals surface area contributed by atoms with E-state index in [1.807, 2.05) is 0 Å². The molecule has 8 heteroatoms. The molecule has 0 atom stereocenters. The van der Waals surface area contributed by atoms with Crippen LogP contribution < -0.4 is 0 Å². The van der Waals surface area contributed by atoms with Crippen LogP contribution in [0.5, 0.6) is 0 Å². The van der Waals surface area contributed by atoms with E-state index in [-0.39, 0.29) is 10.6 Å². The molecular weight excluding hydrogens is 300 g/mol. The van der Waals surface area contributed by atoms with Crippen LogP contribution in [0.3, 0.4) is 0 Å². The van der Waals surface area contributed by atoms with E-state index in [9.17, 15) is 18.5 Å². The molecule has 6 nitrogen and oxygen atoms in total. The number of hydrogen-bond donors (Lipinski definition) is 0. The van der Waals surface area contributed by atoms with Gasteiger partial charge in [0, 0.05) is 17.2 Å². The highest BCUT2D eigenvalue weighted by molar-refractivity contribution is 8.00. The summed E-state index contributed by atoms with van der Waals surface area (Å²) < 4.78 is 23.3. The molecule has 0 fully saturated rings. The van der Waals surface area contributed by atoms with Gasteiger partial charge in [-0.1, -0.05) is 23.9 Å². The largest absolute Gasteiger partial charge is 0.287 e. The third-order valence-electron chi connectivity index (χ3n) is 2.39. The number of hydrogen-bond acceptors (Lipinski definition) is 6. The predicted octanol–water partition coefficient (Wildman–Crippen LogP) is 2.54. The normalized spacial score (nSPS) is 11.2. The number of nitrogens with zero attached hydrogens (tertiary/aromatic N) is 2. The molecule has 0 unspecified atom stereocenters. The lowest BCUT2D eigenvalue weighted by atomic mass is 10.4. The maximum Gasteiger partial charge on any atom is 0.287 e. The Morgan fingerprint density at radius 1 is 1.20 bits per heavy atom. The first-order chi connectivity index (χ1) is 9.38. The van der Waals surface area contributed by atoms with Gasteiger partial charge in [-0.3, -0.25) is 10.1 Å². The summed E-state index contributed by atoms with van der Waals surface area (Å²) in [6.07, 6.45) is 2.28. The van der Waals surface area contributed by atoms with Crippen molar-refractivity contribution in [3.8, 4) is 0 Å². The predicted molar refractivity (Wildman–Crippen MR) is 74.6 cm³/mol. The van der Waals surface area contributed by atoms with E-state index in [1.54, 1.807) is 18.2 Å². The smallest absolute Gasteiger partial charge is 0.258 e. The molecule has 0 spiro atoms. The molecule has 1 aromatic heterocycles. The molecule has 0 saturated heterocycles. The van der Waals surface area contributed by atoms with Gasteiger partial charge >= 0.3 is 0 Å². The Morgan fingerprint density at radius 3 is 2.45 bits per heavy atom. The van der Waals surface area contributed by atoms with Crippen molar-refractivity contribution in [2.45, 2.75) is 14.8 Å². The summed E-state index contributed by atoms with van der Waals surface area (Å²) in [7, 11) is -3.33. The van der Waals surface area contributed by atoms with Crippen LogP contribution >= 0.6 is 11.8 Å². The quantitative estimate of drug-likeness (QED) is 0.636. The summed E-state index contributed by atoms with van der Waals surface area (Å²) in [5.74, 6) is 0. The van der Waals surface area contributed by atoms with Gasteiger partial charge in [-0.15, -0.1) is 0 Å². The first kappa shape index (κ1) is 14.5. The maximum atomic E-state index is 11.7. The number of benzene rings is 1. The molecule has 0 bridgehead atoms. The van der Waals surface area contributed by atoms with E-state index in [2.05, 4.69) is 4.98 Å². The van der Waals surface area contributed by atoms with E-state index in [1.165, 1.54) is 18.2 Å². The molecule has 0 amide bonds. The highest BCUT2D eigenvalue weighted by atomic mass is 32.2. The first-order valence-corrected chi connectivity index (χ1v) is 8.16. The molecule has 0 aliphatic carbocycles. The van der Waals surface area contributed by atoms with Gasteiger partial charge < -0.3 is 0 Å². The third kappa shape index (κ3) is 3.34. The van der Waals surface area contributed by atoms with Crippen LogP contribution in [0.1, 0.15) is 0 Å². The molecule has 2 aromatic rings. The summed E-state index contributed by atoms with van der Waals surface area (Å²) in [5, 5.41) is 11.0. The van der Waals surface area contributed by atoms with Crippen molar-refractivity contribution in [1.82, 2.24) is 4.98 Å². The second-order valence-corrected chi connectivity index (χ2v) is 6.98. The second kappa shape index (κ2) is 5.59. The van der Waals surface area contributed by atoms with Gasteiger partial charge in [0.1, 0.15) is 11.2 Å². The Bertz CT molecular complexity index is 742. The Kier molecular flexibility index (Phi) is 4.05. The van der Waals surface area contributed by atoms with Gasteiger partial charge in [-0.2, -0.15) is 0 Å². The van der Waals surface area contributed by atoms with Crippen LogP contribution in [0.15, 0.2) is 57.4 Å². The monoisotopic (exact) mass is 310 g/mol. The highest BCUT2D eigenvalue weighted by Gasteiger charge is 2.14. The summed E-state index contributed by atoms with van der Waals surface area (Å²) >= 11 is 1.15. The third-order valence-corrected chi connectivity index (χ3v) is 4.71. The van der Waals surface area contributed by atoms with Gasteiger partial charge in [0.25, 0.3) is 5.69 Å². The van der Waals surface area contributed by atoms with E-state index in [0.29, 0.717) is 9.92 Å². The summed E-state index contributed by atoms with van der Waals surface area (Å²) in [4.78, 5) is 14.7. The zero-order valence-electron chi connectivity index (χ0n) is 10.4. The Hall–Kier alpha value is -1.93. The van der Waals surface area contributed by atoms with Crippen molar-refractivity contribution in [2.24, 2.45) is 0 Å². The van der Waals surface area contributed by atoms with Crippen molar-refractivity contribution in [3.63, 3.8) is 0 Å². The van der Waals surface area contributed by atoms with Crippen molar-refractivity contribution in [1.29, 1.82) is 0 Å². The first-order valence-electron chi connectivity index (χ1n) is 5.45. The molecule has 1 aromatic carbocycles. The maximum absolute atomic E-state index is 11.7. The molecule has 0 aliphatic rings. The lowest BCUT2D eigenvalue weighted by Crippen LogP contribution is -1.99. The van der Waals surface area contributed by atoms with Crippen LogP contribution in [-0.4, -0.2) is 24.6 Å². The lowest BCUT2D eigenvalue weighted by molar-refractivity contribution is -0.385. The summed E-state index contributed by atoms with van der Waals surface area (Å²) in [6.45, 7) is 0. The summed E-state index contributed by atoms with van der Waals surface area (Å²) in [6, 6.07) is 9.37. The van der Waals surface area contributed by atoms with Crippen molar-refractivity contribution in [3.05, 3.63) is 52.7 Å². The average molecular weight is 310 g/mol. The standard InChI is InChI=1S/C12H10N2O4S2/c1-20(17,18)11-5-3-2-4-10(11)19-12-7-6-9(8-13-12)14(15)16/h2-8H,1H3. The molecule has 0 saturated carbocycles. The number of aromatic nitrogens is 1. The topological polar surface area (TPSA) is 90.2 Å². The van der Waals surface area contributed by atoms with E-state index in [0.717, 1.165) is 24.2 Å². The van der Waals surface area contributed by atoms with Crippen molar-refractivity contribution in [2.75, 3.05) is 6.26 Å². The highest BCUT2D eigenvalue weighted by Crippen LogP contribution is 2.31. The van der Waals surface area contributed by atoms with Crippen LogP contribution in [0.2, 0.25) is 0 Å². The van der Waals surface area contributed by atoms with Crippen LogP contribution in [-0.2, 0) is 9.84 Å². The van der Waals surface area contributed by atoms with Crippen molar-refractivity contribution < 1.29 is 13.3 Å². The molecule has 104 valence electrons. The summed E-state index contributed by atoms with van der Waals surface area (Å²) in [5.41, 5.74) is -0.106. The van der Waals surface area contributed by atoms with Gasteiger partial charge in [-0.05, 0) is 18.2 Å². The zero-order valence-corrected chi connectivity index (χ0v) is 12.0.